The molecule has 0 aromatic carbocycles. The zero-order chi connectivity index (χ0) is 18.1. The normalized spacial score (nSPS) is 22.5. The van der Waals surface area contributed by atoms with Crippen molar-refractivity contribution >= 4 is 5.91 Å². The molecular weight excluding hydrogens is 314 g/mol. The second-order valence-electron chi connectivity index (χ2n) is 8.19. The molecule has 1 amide bonds. The summed E-state index contributed by atoms with van der Waals surface area (Å²) in [4.78, 5) is 32.7. The molecule has 0 spiro atoms. The smallest absolute Gasteiger partial charge is 0.224 e. The van der Waals surface area contributed by atoms with Gasteiger partial charge < -0.3 is 9.88 Å². The molecule has 2 heterocycles. The van der Waals surface area contributed by atoms with Crippen molar-refractivity contribution in [1.82, 2.24) is 14.8 Å². The Balaban J connectivity index is 1.77. The van der Waals surface area contributed by atoms with E-state index >= 15 is 0 Å². The summed E-state index contributed by atoms with van der Waals surface area (Å²) in [6, 6.07) is 0.257. The molecule has 5 heteroatoms. The molecule has 1 saturated heterocycles. The number of aryl methyl sites for hydroxylation is 1. The average Bonchev–Trinajstić information content (AvgIpc) is 3.39. The number of H-pyrrole nitrogens is 1. The molecule has 0 radical (unpaired) electrons. The molecule has 1 saturated carbocycles. The Labute approximate surface area is 150 Å². The first-order valence-corrected chi connectivity index (χ1v) is 9.56. The second kappa shape index (κ2) is 7.32. The largest absolute Gasteiger partial charge is 0.363 e. The number of aromatic nitrogens is 1. The minimum atomic E-state index is 0.121. The summed E-state index contributed by atoms with van der Waals surface area (Å²) < 4.78 is 0. The van der Waals surface area contributed by atoms with Crippen molar-refractivity contribution in [3.05, 3.63) is 33.2 Å². The summed E-state index contributed by atoms with van der Waals surface area (Å²) in [5.41, 5.74) is 2.64. The van der Waals surface area contributed by atoms with E-state index in [2.05, 4.69) is 28.6 Å². The van der Waals surface area contributed by atoms with Crippen LogP contribution in [0.4, 0.5) is 0 Å². The van der Waals surface area contributed by atoms with Crippen LogP contribution in [0.3, 0.4) is 0 Å². The van der Waals surface area contributed by atoms with Crippen molar-refractivity contribution < 1.29 is 4.79 Å². The summed E-state index contributed by atoms with van der Waals surface area (Å²) in [6.45, 7) is 11.4. The quantitative estimate of drug-likeness (QED) is 0.892. The van der Waals surface area contributed by atoms with Gasteiger partial charge in [0.25, 0.3) is 0 Å². The van der Waals surface area contributed by atoms with Gasteiger partial charge >= 0.3 is 0 Å². The number of rotatable bonds is 5. The maximum Gasteiger partial charge on any atom is 0.224 e. The number of nitrogens with one attached hydrogen (secondary N) is 1. The van der Waals surface area contributed by atoms with Crippen LogP contribution in [0, 0.1) is 25.7 Å². The van der Waals surface area contributed by atoms with Gasteiger partial charge in [0.15, 0.2) is 5.43 Å². The van der Waals surface area contributed by atoms with Crippen molar-refractivity contribution in [2.45, 2.75) is 59.5 Å². The minimum absolute atomic E-state index is 0.121. The number of pyridine rings is 1. The first-order valence-electron chi connectivity index (χ1n) is 9.56. The zero-order valence-electron chi connectivity index (χ0n) is 16.0. The van der Waals surface area contributed by atoms with Crippen molar-refractivity contribution in [3.8, 4) is 0 Å². The van der Waals surface area contributed by atoms with E-state index in [0.717, 1.165) is 36.5 Å². The van der Waals surface area contributed by atoms with E-state index in [1.165, 1.54) is 12.8 Å². The predicted molar refractivity (Wildman–Crippen MR) is 99.5 cm³/mol. The zero-order valence-corrected chi connectivity index (χ0v) is 16.0. The predicted octanol–water partition coefficient (Wildman–Crippen LogP) is 2.46. The molecule has 1 unspecified atom stereocenters. The summed E-state index contributed by atoms with van der Waals surface area (Å²) in [6.07, 6.45) is 4.91. The van der Waals surface area contributed by atoms with Gasteiger partial charge in [-0.15, -0.1) is 0 Å². The van der Waals surface area contributed by atoms with Crippen LogP contribution in [0.1, 0.15) is 49.9 Å². The number of aromatic amines is 1. The fraction of sp³-hybridized carbons (Fsp3) is 0.700. The molecule has 1 aromatic rings. The molecule has 1 N–H and O–H groups in total. The third-order valence-corrected chi connectivity index (χ3v) is 5.73. The molecule has 1 aliphatic heterocycles. The molecule has 2 fully saturated rings. The molecule has 5 nitrogen and oxygen atoms in total. The summed E-state index contributed by atoms with van der Waals surface area (Å²) in [7, 11) is 0. The van der Waals surface area contributed by atoms with Crippen molar-refractivity contribution in [2.24, 2.45) is 11.8 Å². The molecule has 2 aliphatic rings. The number of hydrogen-bond acceptors (Lipinski definition) is 3. The Morgan fingerprint density at radius 2 is 1.96 bits per heavy atom. The number of carbonyl (C=O) groups is 1. The standard InChI is InChI=1S/C20H31N3O2/c1-13(2)18-12-22(8-7-19(24)23(18)10-16-5-6-16)11-17-15(4)20(25)14(3)9-21-17/h9,13,16,18H,5-8,10-12H2,1-4H3,(H,21,25). The third kappa shape index (κ3) is 4.14. The molecule has 25 heavy (non-hydrogen) atoms. The van der Waals surface area contributed by atoms with Gasteiger partial charge in [-0.2, -0.15) is 0 Å². The van der Waals surface area contributed by atoms with Crippen LogP contribution in [-0.2, 0) is 11.3 Å². The summed E-state index contributed by atoms with van der Waals surface area (Å²) in [5, 5.41) is 0. The van der Waals surface area contributed by atoms with Gasteiger partial charge in [-0.3, -0.25) is 14.5 Å². The van der Waals surface area contributed by atoms with Crippen LogP contribution >= 0.6 is 0 Å². The number of nitrogens with zero attached hydrogens (tertiary/aromatic N) is 2. The van der Waals surface area contributed by atoms with E-state index in [4.69, 9.17) is 0 Å². The van der Waals surface area contributed by atoms with Crippen LogP contribution in [0.25, 0.3) is 0 Å². The van der Waals surface area contributed by atoms with E-state index in [1.54, 1.807) is 6.20 Å². The topological polar surface area (TPSA) is 56.4 Å². The van der Waals surface area contributed by atoms with Crippen LogP contribution in [0.2, 0.25) is 0 Å². The van der Waals surface area contributed by atoms with E-state index < -0.39 is 0 Å². The molecule has 0 bridgehead atoms. The lowest BCUT2D eigenvalue weighted by Crippen LogP contribution is -2.47. The fourth-order valence-corrected chi connectivity index (χ4v) is 3.76. The molecule has 1 aliphatic carbocycles. The first kappa shape index (κ1) is 18.2. The number of amides is 1. The Kier molecular flexibility index (Phi) is 5.32. The lowest BCUT2D eigenvalue weighted by atomic mass is 10.0. The van der Waals surface area contributed by atoms with Gasteiger partial charge in [-0.05, 0) is 38.5 Å². The van der Waals surface area contributed by atoms with Crippen LogP contribution in [0.15, 0.2) is 11.0 Å². The maximum atomic E-state index is 12.7. The lowest BCUT2D eigenvalue weighted by molar-refractivity contribution is -0.133. The summed E-state index contributed by atoms with van der Waals surface area (Å²) >= 11 is 0. The highest BCUT2D eigenvalue weighted by atomic mass is 16.2. The van der Waals surface area contributed by atoms with E-state index in [0.29, 0.717) is 30.7 Å². The number of carbonyl (C=O) groups excluding carboxylic acids is 1. The highest BCUT2D eigenvalue weighted by molar-refractivity contribution is 5.77. The molecule has 3 rings (SSSR count). The summed E-state index contributed by atoms with van der Waals surface area (Å²) in [5.74, 6) is 1.44. The van der Waals surface area contributed by atoms with Gasteiger partial charge in [0.2, 0.25) is 5.91 Å². The van der Waals surface area contributed by atoms with Crippen LogP contribution in [-0.4, -0.2) is 46.4 Å². The average molecular weight is 345 g/mol. The third-order valence-electron chi connectivity index (χ3n) is 5.73. The van der Waals surface area contributed by atoms with Crippen molar-refractivity contribution in [2.75, 3.05) is 19.6 Å². The maximum absolute atomic E-state index is 12.7. The minimum Gasteiger partial charge on any atom is -0.363 e. The Morgan fingerprint density at radius 1 is 1.24 bits per heavy atom. The molecule has 1 atom stereocenters. The lowest BCUT2D eigenvalue weighted by Gasteiger charge is -2.35. The molecule has 1 aromatic heterocycles. The van der Waals surface area contributed by atoms with E-state index in [-0.39, 0.29) is 11.5 Å². The van der Waals surface area contributed by atoms with Crippen molar-refractivity contribution in [3.63, 3.8) is 0 Å². The Hall–Kier alpha value is -1.62. The SMILES string of the molecule is Cc1c[nH]c(CN2CCC(=O)N(CC3CC3)C(C(C)C)C2)c(C)c1=O. The van der Waals surface area contributed by atoms with Gasteiger partial charge in [-0.1, -0.05) is 13.8 Å². The second-order valence-corrected chi connectivity index (χ2v) is 8.19. The van der Waals surface area contributed by atoms with Crippen LogP contribution < -0.4 is 5.43 Å². The highest BCUT2D eigenvalue weighted by Crippen LogP contribution is 2.32. The van der Waals surface area contributed by atoms with Gasteiger partial charge in [0.1, 0.15) is 0 Å². The number of hydrogen-bond donors (Lipinski definition) is 1. The van der Waals surface area contributed by atoms with Crippen molar-refractivity contribution in [1.29, 1.82) is 0 Å². The Morgan fingerprint density at radius 3 is 2.60 bits per heavy atom. The van der Waals surface area contributed by atoms with Gasteiger partial charge in [0, 0.05) is 61.7 Å². The Bertz CT molecular complexity index is 691. The van der Waals surface area contributed by atoms with Gasteiger partial charge in [0.05, 0.1) is 0 Å². The van der Waals surface area contributed by atoms with E-state index in [1.807, 2.05) is 13.8 Å². The highest BCUT2D eigenvalue weighted by Gasteiger charge is 2.35. The molecule has 138 valence electrons. The fourth-order valence-electron chi connectivity index (χ4n) is 3.76. The molecular formula is C20H31N3O2. The van der Waals surface area contributed by atoms with Crippen LogP contribution in [0.5, 0.6) is 0 Å². The van der Waals surface area contributed by atoms with Gasteiger partial charge in [-0.25, -0.2) is 0 Å². The monoisotopic (exact) mass is 345 g/mol. The van der Waals surface area contributed by atoms with E-state index in [9.17, 15) is 9.59 Å². The first-order chi connectivity index (χ1) is 11.9.